The Morgan fingerprint density at radius 2 is 1.89 bits per heavy atom. The highest BCUT2D eigenvalue weighted by atomic mass is 32.2. The predicted molar refractivity (Wildman–Crippen MR) is 113 cm³/mol. The molecule has 0 radical (unpaired) electrons. The van der Waals surface area contributed by atoms with Crippen LogP contribution in [0.1, 0.15) is 23.7 Å². The number of nitrogens with one attached hydrogen (secondary N) is 2. The number of hydrogen-bond acceptors (Lipinski definition) is 7. The van der Waals surface area contributed by atoms with Gasteiger partial charge in [0, 0.05) is 17.0 Å². The van der Waals surface area contributed by atoms with Gasteiger partial charge in [-0.3, -0.25) is 14.8 Å². The van der Waals surface area contributed by atoms with Gasteiger partial charge in [-0.05, 0) is 36.8 Å². The summed E-state index contributed by atoms with van der Waals surface area (Å²) in [6, 6.07) is 14.3. The Balaban J connectivity index is 1.70. The highest BCUT2D eigenvalue weighted by Gasteiger charge is 2.15. The molecule has 0 saturated heterocycles. The van der Waals surface area contributed by atoms with Gasteiger partial charge in [-0.25, -0.2) is 8.42 Å². The quantitative estimate of drug-likeness (QED) is 0.409. The first kappa shape index (κ1) is 20.3. The fourth-order valence-electron chi connectivity index (χ4n) is 2.21. The summed E-state index contributed by atoms with van der Waals surface area (Å²) in [6.45, 7) is 2.08. The Morgan fingerprint density at radius 3 is 2.64 bits per heavy atom. The van der Waals surface area contributed by atoms with Crippen molar-refractivity contribution in [3.05, 3.63) is 60.2 Å². The minimum atomic E-state index is -3.72. The van der Waals surface area contributed by atoms with Gasteiger partial charge in [-0.1, -0.05) is 54.3 Å². The molecule has 0 aliphatic rings. The van der Waals surface area contributed by atoms with Crippen molar-refractivity contribution in [2.45, 2.75) is 22.6 Å². The zero-order valence-corrected chi connectivity index (χ0v) is 17.4. The number of amides is 1. The second-order valence-electron chi connectivity index (χ2n) is 5.68. The van der Waals surface area contributed by atoms with Crippen molar-refractivity contribution >= 4 is 49.8 Å². The van der Waals surface area contributed by atoms with E-state index in [0.717, 1.165) is 16.5 Å². The number of nitrogens with zero attached hydrogens (tertiary/aromatic N) is 2. The Labute approximate surface area is 171 Å². The van der Waals surface area contributed by atoms with Crippen molar-refractivity contribution in [1.29, 1.82) is 0 Å². The smallest absolute Gasteiger partial charge is 0.261 e. The lowest BCUT2D eigenvalue weighted by Gasteiger charge is -2.09. The SMILES string of the molecule is CCCSc1nnc(NC(=O)c2cccc(NS(=O)(=O)c3ccccc3)c2)s1. The predicted octanol–water partition coefficient (Wildman–Crippen LogP) is 4.09. The monoisotopic (exact) mass is 434 g/mol. The summed E-state index contributed by atoms with van der Waals surface area (Å²) in [5.41, 5.74) is 0.610. The molecular weight excluding hydrogens is 416 g/mol. The Kier molecular flexibility index (Phi) is 6.65. The summed E-state index contributed by atoms with van der Waals surface area (Å²) in [6.07, 6.45) is 1.03. The topological polar surface area (TPSA) is 101 Å². The first-order valence-electron chi connectivity index (χ1n) is 8.43. The standard InChI is InChI=1S/C18H18N4O3S3/c1-2-11-26-18-21-20-17(27-18)19-16(23)13-7-6-8-14(12-13)22-28(24,25)15-9-4-3-5-10-15/h3-10,12,22H,2,11H2,1H3,(H,19,20,23). The van der Waals surface area contributed by atoms with Crippen LogP contribution in [0.5, 0.6) is 0 Å². The molecule has 1 amide bonds. The molecule has 0 bridgehead atoms. The van der Waals surface area contributed by atoms with Crippen molar-refractivity contribution in [2.24, 2.45) is 0 Å². The van der Waals surface area contributed by atoms with Crippen LogP contribution >= 0.6 is 23.1 Å². The molecule has 1 heterocycles. The summed E-state index contributed by atoms with van der Waals surface area (Å²) in [7, 11) is -3.72. The largest absolute Gasteiger partial charge is 0.296 e. The van der Waals surface area contributed by atoms with Gasteiger partial charge in [-0.15, -0.1) is 10.2 Å². The molecule has 0 atom stereocenters. The average Bonchev–Trinajstić information content (AvgIpc) is 3.14. The molecule has 28 heavy (non-hydrogen) atoms. The number of carbonyl (C=O) groups excluding carboxylic acids is 1. The number of sulfonamides is 1. The van der Waals surface area contributed by atoms with E-state index in [9.17, 15) is 13.2 Å². The molecule has 2 aromatic carbocycles. The molecule has 0 unspecified atom stereocenters. The minimum absolute atomic E-state index is 0.149. The van der Waals surface area contributed by atoms with Gasteiger partial charge in [-0.2, -0.15) is 0 Å². The van der Waals surface area contributed by atoms with Crippen molar-refractivity contribution in [1.82, 2.24) is 10.2 Å². The van der Waals surface area contributed by atoms with Crippen LogP contribution in [0.3, 0.4) is 0 Å². The lowest BCUT2D eigenvalue weighted by atomic mass is 10.2. The summed E-state index contributed by atoms with van der Waals surface area (Å²) >= 11 is 2.89. The Bertz CT molecular complexity index is 1050. The van der Waals surface area contributed by atoms with E-state index >= 15 is 0 Å². The van der Waals surface area contributed by atoms with E-state index in [-0.39, 0.29) is 10.8 Å². The van der Waals surface area contributed by atoms with Gasteiger partial charge < -0.3 is 0 Å². The van der Waals surface area contributed by atoms with E-state index < -0.39 is 10.0 Å². The van der Waals surface area contributed by atoms with Crippen LogP contribution in [0.15, 0.2) is 63.8 Å². The first-order chi connectivity index (χ1) is 13.5. The van der Waals surface area contributed by atoms with E-state index in [1.54, 1.807) is 48.2 Å². The number of hydrogen-bond donors (Lipinski definition) is 2. The second kappa shape index (κ2) is 9.18. The van der Waals surface area contributed by atoms with Crippen LogP contribution in [0, 0.1) is 0 Å². The van der Waals surface area contributed by atoms with Gasteiger partial charge in [0.2, 0.25) is 5.13 Å². The number of thioether (sulfide) groups is 1. The van der Waals surface area contributed by atoms with Crippen molar-refractivity contribution in [2.75, 3.05) is 15.8 Å². The van der Waals surface area contributed by atoms with E-state index in [4.69, 9.17) is 0 Å². The molecule has 1 aromatic heterocycles. The zero-order valence-electron chi connectivity index (χ0n) is 15.0. The highest BCUT2D eigenvalue weighted by molar-refractivity contribution is 8.01. The molecule has 3 rings (SSSR count). The van der Waals surface area contributed by atoms with Gasteiger partial charge in [0.15, 0.2) is 4.34 Å². The van der Waals surface area contributed by atoms with Crippen molar-refractivity contribution < 1.29 is 13.2 Å². The van der Waals surface area contributed by atoms with E-state index in [0.29, 0.717) is 16.4 Å². The summed E-state index contributed by atoms with van der Waals surface area (Å²) in [5, 5.41) is 11.1. The van der Waals surface area contributed by atoms with Gasteiger partial charge in [0.05, 0.1) is 4.90 Å². The lowest BCUT2D eigenvalue weighted by molar-refractivity contribution is 0.102. The van der Waals surface area contributed by atoms with Gasteiger partial charge in [0.25, 0.3) is 15.9 Å². The fraction of sp³-hybridized carbons (Fsp3) is 0.167. The third kappa shape index (κ3) is 5.31. The second-order valence-corrected chi connectivity index (χ2v) is 9.68. The summed E-state index contributed by atoms with van der Waals surface area (Å²) in [5.74, 6) is 0.551. The third-order valence-corrected chi connectivity index (χ3v) is 7.06. The maximum atomic E-state index is 12.5. The maximum Gasteiger partial charge on any atom is 0.261 e. The molecule has 0 aliphatic heterocycles. The molecule has 146 valence electrons. The van der Waals surface area contributed by atoms with Gasteiger partial charge in [0.1, 0.15) is 0 Å². The van der Waals surface area contributed by atoms with E-state index in [1.165, 1.54) is 29.5 Å². The summed E-state index contributed by atoms with van der Waals surface area (Å²) < 4.78 is 28.1. The molecule has 2 N–H and O–H groups in total. The molecule has 0 aliphatic carbocycles. The molecule has 10 heteroatoms. The Hall–Kier alpha value is -2.43. The fourth-order valence-corrected chi connectivity index (χ4v) is 4.96. The minimum Gasteiger partial charge on any atom is -0.296 e. The van der Waals surface area contributed by atoms with Crippen LogP contribution < -0.4 is 10.0 Å². The van der Waals surface area contributed by atoms with Crippen molar-refractivity contribution in [3.63, 3.8) is 0 Å². The van der Waals surface area contributed by atoms with Gasteiger partial charge >= 0.3 is 0 Å². The molecular formula is C18H18N4O3S3. The van der Waals surface area contributed by atoms with E-state index in [1.807, 2.05) is 0 Å². The first-order valence-corrected chi connectivity index (χ1v) is 11.7. The van der Waals surface area contributed by atoms with Crippen molar-refractivity contribution in [3.8, 4) is 0 Å². The number of carbonyl (C=O) groups is 1. The Morgan fingerprint density at radius 1 is 1.11 bits per heavy atom. The summed E-state index contributed by atoms with van der Waals surface area (Å²) in [4.78, 5) is 12.6. The molecule has 0 fully saturated rings. The van der Waals surface area contributed by atoms with Crippen LogP contribution in [0.2, 0.25) is 0 Å². The van der Waals surface area contributed by atoms with Crippen LogP contribution in [-0.4, -0.2) is 30.3 Å². The van der Waals surface area contributed by atoms with Crippen LogP contribution in [-0.2, 0) is 10.0 Å². The maximum absolute atomic E-state index is 12.5. The van der Waals surface area contributed by atoms with Crippen LogP contribution in [0.25, 0.3) is 0 Å². The molecule has 0 saturated carbocycles. The lowest BCUT2D eigenvalue weighted by Crippen LogP contribution is -2.15. The molecule has 0 spiro atoms. The van der Waals surface area contributed by atoms with Crippen LogP contribution in [0.4, 0.5) is 10.8 Å². The molecule has 3 aromatic rings. The zero-order chi connectivity index (χ0) is 20.0. The third-order valence-electron chi connectivity index (χ3n) is 3.49. The number of aromatic nitrogens is 2. The average molecular weight is 435 g/mol. The normalized spacial score (nSPS) is 11.2. The number of rotatable bonds is 8. The van der Waals surface area contributed by atoms with E-state index in [2.05, 4.69) is 27.2 Å². The highest BCUT2D eigenvalue weighted by Crippen LogP contribution is 2.26. The number of benzene rings is 2. The number of anilines is 2. The molecule has 7 nitrogen and oxygen atoms in total.